The van der Waals surface area contributed by atoms with Crippen LogP contribution in [0.5, 0.6) is 11.9 Å². The lowest BCUT2D eigenvalue weighted by molar-refractivity contribution is 0.0391. The van der Waals surface area contributed by atoms with Crippen molar-refractivity contribution >= 4 is 56.8 Å². The summed E-state index contributed by atoms with van der Waals surface area (Å²) in [5.74, 6) is -0.0105. The molecule has 4 rings (SSSR count). The molecule has 0 spiro atoms. The van der Waals surface area contributed by atoms with Crippen LogP contribution in [0, 0.1) is 0 Å². The van der Waals surface area contributed by atoms with E-state index in [1.54, 1.807) is 16.7 Å². The molecule has 0 aliphatic carbocycles. The molecule has 1 aromatic carbocycles. The van der Waals surface area contributed by atoms with Crippen LogP contribution in [-0.4, -0.2) is 85.6 Å². The van der Waals surface area contributed by atoms with Gasteiger partial charge in [0, 0.05) is 37.1 Å². The first-order valence-electron chi connectivity index (χ1n) is 10.1. The molecule has 33 heavy (non-hydrogen) atoms. The van der Waals surface area contributed by atoms with E-state index < -0.39 is 0 Å². The van der Waals surface area contributed by atoms with Crippen LogP contribution in [-0.2, 0) is 4.74 Å². The van der Waals surface area contributed by atoms with Crippen LogP contribution >= 0.6 is 35.5 Å². The Bertz CT molecular complexity index is 1070. The number of nitrogens with zero attached hydrogens (tertiary/aromatic N) is 5. The molecule has 3 heterocycles. The summed E-state index contributed by atoms with van der Waals surface area (Å²) >= 11 is 3.17. The summed E-state index contributed by atoms with van der Waals surface area (Å²) in [4.78, 5) is 31.8. The Morgan fingerprint density at radius 2 is 1.97 bits per heavy atom. The van der Waals surface area contributed by atoms with Crippen molar-refractivity contribution in [2.24, 2.45) is 0 Å². The summed E-state index contributed by atoms with van der Waals surface area (Å²) < 4.78 is 16.9. The van der Waals surface area contributed by atoms with Gasteiger partial charge in [0.05, 0.1) is 37.6 Å². The van der Waals surface area contributed by atoms with Crippen molar-refractivity contribution in [3.05, 3.63) is 30.0 Å². The summed E-state index contributed by atoms with van der Waals surface area (Å²) in [6, 6.07) is 7.72. The van der Waals surface area contributed by atoms with Gasteiger partial charge in [0.2, 0.25) is 5.88 Å². The molecular formula is C21H26ClN5O4S2. The summed E-state index contributed by atoms with van der Waals surface area (Å²) in [5.41, 5.74) is 1.06. The van der Waals surface area contributed by atoms with Crippen LogP contribution in [0.1, 0.15) is 10.5 Å². The van der Waals surface area contributed by atoms with Crippen molar-refractivity contribution in [3.63, 3.8) is 0 Å². The van der Waals surface area contributed by atoms with E-state index in [1.165, 1.54) is 31.6 Å². The standard InChI is InChI=1S/C21H25N5O4S2.ClH/c1-28-18-13-16(22-20(24-18)29-2)19(27)26(7-6-25-8-10-30-11-9-25)21-23-15-5-4-14(31-3)12-17(15)32-21;/h4-5,12-13H,6-11H2,1-3H3;1H. The minimum Gasteiger partial charge on any atom is -0.481 e. The van der Waals surface area contributed by atoms with Crippen molar-refractivity contribution in [1.29, 1.82) is 0 Å². The number of morpholine rings is 1. The summed E-state index contributed by atoms with van der Waals surface area (Å²) in [5, 5.41) is 0.632. The predicted octanol–water partition coefficient (Wildman–Crippen LogP) is 3.23. The lowest BCUT2D eigenvalue weighted by atomic mass is 10.3. The lowest BCUT2D eigenvalue weighted by Crippen LogP contribution is -2.43. The number of ether oxygens (including phenoxy) is 3. The number of amides is 1. The quantitative estimate of drug-likeness (QED) is 0.423. The molecule has 0 radical (unpaired) electrons. The molecule has 0 N–H and O–H groups in total. The average molecular weight is 512 g/mol. The van der Waals surface area contributed by atoms with Crippen molar-refractivity contribution < 1.29 is 19.0 Å². The third-order valence-electron chi connectivity index (χ3n) is 5.10. The monoisotopic (exact) mass is 511 g/mol. The third kappa shape index (κ3) is 6.04. The fourth-order valence-electron chi connectivity index (χ4n) is 3.33. The van der Waals surface area contributed by atoms with Crippen LogP contribution in [0.15, 0.2) is 29.2 Å². The average Bonchev–Trinajstić information content (AvgIpc) is 3.27. The number of carbonyl (C=O) groups is 1. The van der Waals surface area contributed by atoms with E-state index in [0.29, 0.717) is 31.4 Å². The molecule has 1 aliphatic rings. The van der Waals surface area contributed by atoms with Gasteiger partial charge in [-0.25, -0.2) is 4.98 Å². The highest BCUT2D eigenvalue weighted by atomic mass is 35.5. The van der Waals surface area contributed by atoms with Crippen LogP contribution in [0.2, 0.25) is 0 Å². The smallest absolute Gasteiger partial charge is 0.320 e. The first-order chi connectivity index (χ1) is 15.6. The van der Waals surface area contributed by atoms with E-state index in [9.17, 15) is 4.79 Å². The van der Waals surface area contributed by atoms with Gasteiger partial charge in [0.15, 0.2) is 5.13 Å². The highest BCUT2D eigenvalue weighted by molar-refractivity contribution is 7.98. The lowest BCUT2D eigenvalue weighted by Gasteiger charge is -2.29. The van der Waals surface area contributed by atoms with E-state index in [2.05, 4.69) is 20.9 Å². The number of benzene rings is 1. The van der Waals surface area contributed by atoms with Crippen LogP contribution in [0.3, 0.4) is 0 Å². The number of hydrogen-bond donors (Lipinski definition) is 0. The number of aromatic nitrogens is 3. The Labute approximate surface area is 206 Å². The molecule has 1 saturated heterocycles. The van der Waals surface area contributed by atoms with E-state index >= 15 is 0 Å². The van der Waals surface area contributed by atoms with Crippen LogP contribution in [0.25, 0.3) is 10.2 Å². The number of thiazole rings is 1. The maximum atomic E-state index is 13.6. The summed E-state index contributed by atoms with van der Waals surface area (Å²) in [7, 11) is 2.94. The second-order valence-corrected chi connectivity index (χ2v) is 8.91. The number of halogens is 1. The number of methoxy groups -OCH3 is 2. The van der Waals surface area contributed by atoms with E-state index in [0.717, 1.165) is 28.2 Å². The van der Waals surface area contributed by atoms with Gasteiger partial charge in [-0.15, -0.1) is 24.2 Å². The van der Waals surface area contributed by atoms with Gasteiger partial charge in [-0.2, -0.15) is 9.97 Å². The zero-order valence-electron chi connectivity index (χ0n) is 18.6. The van der Waals surface area contributed by atoms with Gasteiger partial charge in [0.1, 0.15) is 5.69 Å². The highest BCUT2D eigenvalue weighted by Gasteiger charge is 2.25. The highest BCUT2D eigenvalue weighted by Crippen LogP contribution is 2.32. The van der Waals surface area contributed by atoms with Crippen LogP contribution in [0.4, 0.5) is 5.13 Å². The predicted molar refractivity (Wildman–Crippen MR) is 133 cm³/mol. The number of thioether (sulfide) groups is 1. The number of hydrogen-bond acceptors (Lipinski definition) is 10. The topological polar surface area (TPSA) is 89.9 Å². The Balaban J connectivity index is 0.00000306. The first kappa shape index (κ1) is 25.4. The molecule has 3 aromatic rings. The van der Waals surface area contributed by atoms with Crippen LogP contribution < -0.4 is 14.4 Å². The fourth-order valence-corrected chi connectivity index (χ4v) is 4.88. The molecule has 0 unspecified atom stereocenters. The molecule has 0 atom stereocenters. The zero-order chi connectivity index (χ0) is 22.5. The Hall–Kier alpha value is -2.18. The van der Waals surface area contributed by atoms with Gasteiger partial charge >= 0.3 is 6.01 Å². The van der Waals surface area contributed by atoms with Gasteiger partial charge in [0.25, 0.3) is 5.91 Å². The fraction of sp³-hybridized carbons (Fsp3) is 0.429. The number of rotatable bonds is 8. The molecular weight excluding hydrogens is 486 g/mol. The van der Waals surface area contributed by atoms with Gasteiger partial charge in [-0.3, -0.25) is 14.6 Å². The van der Waals surface area contributed by atoms with Gasteiger partial charge in [-0.1, -0.05) is 11.3 Å². The minimum atomic E-state index is -0.276. The van der Waals surface area contributed by atoms with E-state index in [4.69, 9.17) is 19.2 Å². The largest absolute Gasteiger partial charge is 0.481 e. The van der Waals surface area contributed by atoms with E-state index in [1.807, 2.05) is 18.4 Å². The maximum absolute atomic E-state index is 13.6. The number of carbonyl (C=O) groups excluding carboxylic acids is 1. The van der Waals surface area contributed by atoms with E-state index in [-0.39, 0.29) is 35.9 Å². The summed E-state index contributed by atoms with van der Waals surface area (Å²) in [6.07, 6.45) is 2.04. The van der Waals surface area contributed by atoms with Crippen molar-refractivity contribution in [2.45, 2.75) is 4.90 Å². The normalized spacial score (nSPS) is 14.0. The Morgan fingerprint density at radius 3 is 2.67 bits per heavy atom. The minimum absolute atomic E-state index is 0. The zero-order valence-corrected chi connectivity index (χ0v) is 21.1. The number of fused-ring (bicyclic) bond motifs is 1. The van der Waals surface area contributed by atoms with Gasteiger partial charge in [-0.05, 0) is 24.5 Å². The summed E-state index contributed by atoms with van der Waals surface area (Å²) in [6.45, 7) is 4.27. The van der Waals surface area contributed by atoms with Crippen molar-refractivity contribution in [3.8, 4) is 11.9 Å². The molecule has 1 amide bonds. The molecule has 0 bridgehead atoms. The second-order valence-electron chi connectivity index (χ2n) is 7.02. The Morgan fingerprint density at radius 1 is 1.18 bits per heavy atom. The molecule has 1 aliphatic heterocycles. The third-order valence-corrected chi connectivity index (χ3v) is 6.86. The Kier molecular flexibility index (Phi) is 9.10. The first-order valence-corrected chi connectivity index (χ1v) is 12.2. The second kappa shape index (κ2) is 11.8. The van der Waals surface area contributed by atoms with Crippen molar-refractivity contribution in [2.75, 3.05) is 64.8 Å². The molecule has 2 aromatic heterocycles. The van der Waals surface area contributed by atoms with Gasteiger partial charge < -0.3 is 14.2 Å². The molecule has 9 nitrogen and oxygen atoms in total. The van der Waals surface area contributed by atoms with Crippen molar-refractivity contribution in [1.82, 2.24) is 19.9 Å². The molecule has 1 fully saturated rings. The molecule has 0 saturated carbocycles. The molecule has 12 heteroatoms. The maximum Gasteiger partial charge on any atom is 0.320 e. The molecule has 178 valence electrons. The number of anilines is 1. The SMILES string of the molecule is COc1cc(C(=O)N(CCN2CCOCC2)c2nc3ccc(SC)cc3s2)nc(OC)n1.Cl.